The summed E-state index contributed by atoms with van der Waals surface area (Å²) in [4.78, 5) is 0. The first-order valence-corrected chi connectivity index (χ1v) is 9.19. The lowest BCUT2D eigenvalue weighted by atomic mass is 9.73. The summed E-state index contributed by atoms with van der Waals surface area (Å²) in [5, 5.41) is 10.9. The van der Waals surface area contributed by atoms with Crippen LogP contribution in [0.2, 0.25) is 0 Å². The van der Waals surface area contributed by atoms with E-state index >= 15 is 0 Å². The third-order valence-electron chi connectivity index (χ3n) is 6.05. The highest BCUT2D eigenvalue weighted by Crippen LogP contribution is 2.41. The SMILES string of the molecule is OC(C1CCCCCCC1)C1CCOC2(CCOCC2)C1. The van der Waals surface area contributed by atoms with Crippen molar-refractivity contribution >= 4 is 0 Å². The fourth-order valence-electron chi connectivity index (χ4n) is 4.66. The highest BCUT2D eigenvalue weighted by molar-refractivity contribution is 4.92. The molecule has 2 heterocycles. The fraction of sp³-hybridized carbons (Fsp3) is 1.00. The van der Waals surface area contributed by atoms with Gasteiger partial charge in [0.1, 0.15) is 0 Å². The molecule has 2 aliphatic heterocycles. The number of rotatable bonds is 2. The van der Waals surface area contributed by atoms with Crippen LogP contribution >= 0.6 is 0 Å². The molecule has 3 heteroatoms. The van der Waals surface area contributed by atoms with Crippen LogP contribution in [0.25, 0.3) is 0 Å². The second-order valence-corrected chi connectivity index (χ2v) is 7.49. The standard InChI is InChI=1S/C18H32O3/c19-17(15-6-4-2-1-3-5-7-15)16-8-11-21-18(14-16)9-12-20-13-10-18/h15-17,19H,1-14H2. The molecule has 1 N–H and O–H groups in total. The van der Waals surface area contributed by atoms with Gasteiger partial charge in [-0.3, -0.25) is 0 Å². The van der Waals surface area contributed by atoms with E-state index in [0.717, 1.165) is 45.5 Å². The number of aliphatic hydroxyl groups is 1. The molecule has 3 fully saturated rings. The molecular formula is C18H32O3. The van der Waals surface area contributed by atoms with Crippen LogP contribution in [0.15, 0.2) is 0 Å². The van der Waals surface area contributed by atoms with Gasteiger partial charge in [-0.1, -0.05) is 32.1 Å². The van der Waals surface area contributed by atoms with Gasteiger partial charge in [0.25, 0.3) is 0 Å². The van der Waals surface area contributed by atoms with Crippen LogP contribution in [-0.4, -0.2) is 36.6 Å². The van der Waals surface area contributed by atoms with Crippen LogP contribution in [0.5, 0.6) is 0 Å². The Bertz CT molecular complexity index is 298. The van der Waals surface area contributed by atoms with Crippen LogP contribution in [0.1, 0.15) is 70.6 Å². The molecule has 2 unspecified atom stereocenters. The van der Waals surface area contributed by atoms with E-state index < -0.39 is 0 Å². The van der Waals surface area contributed by atoms with Gasteiger partial charge < -0.3 is 14.6 Å². The molecule has 0 aromatic heterocycles. The fourth-order valence-corrected chi connectivity index (χ4v) is 4.66. The van der Waals surface area contributed by atoms with Gasteiger partial charge in [-0.15, -0.1) is 0 Å². The van der Waals surface area contributed by atoms with Crippen LogP contribution in [0.4, 0.5) is 0 Å². The molecule has 0 aromatic rings. The molecule has 0 bridgehead atoms. The molecule has 3 aliphatic rings. The Hall–Kier alpha value is -0.120. The third kappa shape index (κ3) is 4.00. The Morgan fingerprint density at radius 2 is 1.48 bits per heavy atom. The summed E-state index contributed by atoms with van der Waals surface area (Å²) in [5.74, 6) is 0.978. The van der Waals surface area contributed by atoms with Crippen molar-refractivity contribution in [2.24, 2.45) is 11.8 Å². The largest absolute Gasteiger partial charge is 0.393 e. The van der Waals surface area contributed by atoms with E-state index in [2.05, 4.69) is 0 Å². The monoisotopic (exact) mass is 296 g/mol. The molecule has 0 aromatic carbocycles. The predicted octanol–water partition coefficient (Wildman–Crippen LogP) is 3.68. The molecule has 2 saturated heterocycles. The van der Waals surface area contributed by atoms with Crippen LogP contribution < -0.4 is 0 Å². The quantitative estimate of drug-likeness (QED) is 0.844. The summed E-state index contributed by atoms with van der Waals surface area (Å²) >= 11 is 0. The van der Waals surface area contributed by atoms with Crippen molar-refractivity contribution in [3.63, 3.8) is 0 Å². The maximum Gasteiger partial charge on any atom is 0.0730 e. The Morgan fingerprint density at radius 1 is 0.810 bits per heavy atom. The first-order chi connectivity index (χ1) is 10.3. The summed E-state index contributed by atoms with van der Waals surface area (Å²) in [7, 11) is 0. The highest BCUT2D eigenvalue weighted by Gasteiger charge is 2.42. The molecule has 122 valence electrons. The second kappa shape index (κ2) is 7.43. The van der Waals surface area contributed by atoms with Crippen molar-refractivity contribution in [3.8, 4) is 0 Å². The van der Waals surface area contributed by atoms with Gasteiger partial charge in [-0.2, -0.15) is 0 Å². The van der Waals surface area contributed by atoms with E-state index in [4.69, 9.17) is 9.47 Å². The Morgan fingerprint density at radius 3 is 2.19 bits per heavy atom. The summed E-state index contributed by atoms with van der Waals surface area (Å²) in [6.45, 7) is 2.48. The van der Waals surface area contributed by atoms with Gasteiger partial charge in [0.2, 0.25) is 0 Å². The van der Waals surface area contributed by atoms with Gasteiger partial charge in [0.05, 0.1) is 11.7 Å². The van der Waals surface area contributed by atoms with Gasteiger partial charge in [-0.25, -0.2) is 0 Å². The van der Waals surface area contributed by atoms with Gasteiger partial charge in [0.15, 0.2) is 0 Å². The van der Waals surface area contributed by atoms with E-state index in [1.54, 1.807) is 0 Å². The molecule has 1 aliphatic carbocycles. The number of aliphatic hydroxyl groups excluding tert-OH is 1. The lowest BCUT2D eigenvalue weighted by molar-refractivity contribution is -0.163. The lowest BCUT2D eigenvalue weighted by Crippen LogP contribution is -2.47. The minimum Gasteiger partial charge on any atom is -0.393 e. The molecule has 2 atom stereocenters. The van der Waals surface area contributed by atoms with Crippen molar-refractivity contribution in [2.45, 2.75) is 82.3 Å². The normalized spacial score (nSPS) is 33.3. The smallest absolute Gasteiger partial charge is 0.0730 e. The Kier molecular flexibility index (Phi) is 5.58. The molecule has 21 heavy (non-hydrogen) atoms. The first kappa shape index (κ1) is 15.8. The molecule has 1 spiro atoms. The van der Waals surface area contributed by atoms with Crippen LogP contribution in [-0.2, 0) is 9.47 Å². The van der Waals surface area contributed by atoms with Crippen molar-refractivity contribution in [2.75, 3.05) is 19.8 Å². The maximum atomic E-state index is 10.9. The van der Waals surface area contributed by atoms with E-state index in [9.17, 15) is 5.11 Å². The first-order valence-electron chi connectivity index (χ1n) is 9.19. The van der Waals surface area contributed by atoms with Crippen molar-refractivity contribution in [1.82, 2.24) is 0 Å². The Balaban J connectivity index is 1.58. The van der Waals surface area contributed by atoms with E-state index in [1.807, 2.05) is 0 Å². The van der Waals surface area contributed by atoms with Gasteiger partial charge >= 0.3 is 0 Å². The zero-order valence-corrected chi connectivity index (χ0v) is 13.4. The molecule has 3 nitrogen and oxygen atoms in total. The Labute approximate surface area is 129 Å². The summed E-state index contributed by atoms with van der Waals surface area (Å²) in [6.07, 6.45) is 13.2. The number of ether oxygens (including phenoxy) is 2. The maximum absolute atomic E-state index is 10.9. The molecule has 1 saturated carbocycles. The zero-order valence-electron chi connectivity index (χ0n) is 13.4. The minimum atomic E-state index is -0.105. The molecule has 0 amide bonds. The van der Waals surface area contributed by atoms with Crippen molar-refractivity contribution in [3.05, 3.63) is 0 Å². The summed E-state index contributed by atoms with van der Waals surface area (Å²) < 4.78 is 11.6. The van der Waals surface area contributed by atoms with Gasteiger partial charge in [-0.05, 0) is 50.4 Å². The number of hydrogen-bond donors (Lipinski definition) is 1. The molecular weight excluding hydrogens is 264 g/mol. The van der Waals surface area contributed by atoms with E-state index in [-0.39, 0.29) is 11.7 Å². The minimum absolute atomic E-state index is 0.0176. The van der Waals surface area contributed by atoms with Crippen LogP contribution in [0, 0.1) is 11.8 Å². The van der Waals surface area contributed by atoms with Crippen molar-refractivity contribution in [1.29, 1.82) is 0 Å². The second-order valence-electron chi connectivity index (χ2n) is 7.49. The molecule has 3 rings (SSSR count). The third-order valence-corrected chi connectivity index (χ3v) is 6.05. The predicted molar refractivity (Wildman–Crippen MR) is 83.3 cm³/mol. The van der Waals surface area contributed by atoms with Crippen molar-refractivity contribution < 1.29 is 14.6 Å². The van der Waals surface area contributed by atoms with E-state index in [0.29, 0.717) is 11.8 Å². The number of hydrogen-bond acceptors (Lipinski definition) is 3. The summed E-state index contributed by atoms with van der Waals surface area (Å²) in [5.41, 5.74) is 0.0176. The average molecular weight is 296 g/mol. The lowest BCUT2D eigenvalue weighted by Gasteiger charge is -2.45. The zero-order chi connectivity index (χ0) is 14.5. The highest BCUT2D eigenvalue weighted by atomic mass is 16.5. The molecule has 0 radical (unpaired) electrons. The summed E-state index contributed by atoms with van der Waals surface area (Å²) in [6, 6.07) is 0. The average Bonchev–Trinajstić information content (AvgIpc) is 2.47. The van der Waals surface area contributed by atoms with Crippen LogP contribution in [0.3, 0.4) is 0 Å². The van der Waals surface area contributed by atoms with Gasteiger partial charge in [0, 0.05) is 19.8 Å². The van der Waals surface area contributed by atoms with E-state index in [1.165, 1.54) is 44.9 Å². The topological polar surface area (TPSA) is 38.7 Å².